The zero-order valence-electron chi connectivity index (χ0n) is 46.3. The SMILES string of the molecule is CC(C)c1cc(C(C)C)c(-n2cc[n+](C)c2-c2ccc(Cc3ccccc3)cc2)c(C(C)C)c1.CCC.CCc1cc(CC)cc(C2C=C(C(C)C)C(n3cc[n+]4c3-c3ccccc3C4)=C(C(C)C)C2)c1. The van der Waals surface area contributed by atoms with Crippen LogP contribution in [0.1, 0.15) is 184 Å². The maximum Gasteiger partial charge on any atom is 0.294 e. The monoisotopic (exact) mass is 947 g/mol. The average Bonchev–Trinajstić information content (AvgIpc) is 4.07. The summed E-state index contributed by atoms with van der Waals surface area (Å²) in [5.41, 5.74) is 21.3. The van der Waals surface area contributed by atoms with Gasteiger partial charge in [0.1, 0.15) is 42.7 Å². The van der Waals surface area contributed by atoms with Gasteiger partial charge in [0, 0.05) is 22.6 Å². The lowest BCUT2D eigenvalue weighted by Gasteiger charge is -2.30. The zero-order chi connectivity index (χ0) is 51.1. The Hall–Kier alpha value is -6.00. The molecule has 4 heteroatoms. The van der Waals surface area contributed by atoms with Crippen LogP contribution in [0.25, 0.3) is 34.2 Å². The number of fused-ring (bicyclic) bond motifs is 3. The fourth-order valence-electron chi connectivity index (χ4n) is 10.6. The Morgan fingerprint density at radius 1 is 0.563 bits per heavy atom. The standard InChI is InChI=1S/2C32H39N2.C3H8/c1-7-23-15-24(8-2)17-26(16-23)27-18-29(21(3)4)31(30(19-27)22(5)6)34-14-13-33-20-25-11-9-10-12-28(25)32(33)34;1-22(2)28-20-29(23(3)4)31(30(21-28)24(5)6)34-18-17-33(7)32(34)27-15-13-26(14-16-27)19-25-11-9-8-10-12-25;1-3-2/h9-18,21-22,27H,7-8,19-20H2,1-6H3;8-18,20-24H,19H2,1-7H3;3H2,1-2H3/q2*+1;. The molecule has 0 spiro atoms. The van der Waals surface area contributed by atoms with Crippen LogP contribution in [0.2, 0.25) is 0 Å². The molecule has 0 saturated carbocycles. The van der Waals surface area contributed by atoms with Crippen molar-refractivity contribution in [1.29, 1.82) is 0 Å². The molecular formula is C67H86N4+2. The van der Waals surface area contributed by atoms with Gasteiger partial charge in [0.2, 0.25) is 0 Å². The zero-order valence-corrected chi connectivity index (χ0v) is 46.3. The van der Waals surface area contributed by atoms with Crippen LogP contribution in [-0.4, -0.2) is 9.13 Å². The van der Waals surface area contributed by atoms with Crippen LogP contribution in [0.5, 0.6) is 0 Å². The van der Waals surface area contributed by atoms with Crippen molar-refractivity contribution in [3.63, 3.8) is 0 Å². The average molecular weight is 947 g/mol. The molecule has 7 aromatic rings. The highest BCUT2D eigenvalue weighted by Gasteiger charge is 2.36. The van der Waals surface area contributed by atoms with Crippen LogP contribution in [0, 0.1) is 11.8 Å². The van der Waals surface area contributed by atoms with Crippen LogP contribution < -0.4 is 9.13 Å². The van der Waals surface area contributed by atoms with Crippen LogP contribution in [0.15, 0.2) is 151 Å². The Labute approximate surface area is 429 Å². The molecule has 3 heterocycles. The molecule has 0 fully saturated rings. The number of allylic oxidation sites excluding steroid dienone is 4. The van der Waals surface area contributed by atoms with E-state index in [-0.39, 0.29) is 0 Å². The van der Waals surface area contributed by atoms with Gasteiger partial charge in [-0.25, -0.2) is 9.13 Å². The molecule has 9 rings (SSSR count). The highest BCUT2D eigenvalue weighted by atomic mass is 15.2. The van der Waals surface area contributed by atoms with Crippen LogP contribution in [-0.2, 0) is 32.9 Å². The fourth-order valence-corrected chi connectivity index (χ4v) is 10.6. The minimum Gasteiger partial charge on any atom is -0.232 e. The molecule has 1 atom stereocenters. The summed E-state index contributed by atoms with van der Waals surface area (Å²) < 4.78 is 9.58. The summed E-state index contributed by atoms with van der Waals surface area (Å²) in [5, 5.41) is 0. The molecule has 1 aliphatic carbocycles. The number of hydrogen-bond acceptors (Lipinski definition) is 0. The minimum atomic E-state index is 0.443. The molecule has 1 aliphatic heterocycles. The normalized spacial score (nSPS) is 14.2. The summed E-state index contributed by atoms with van der Waals surface area (Å²) in [7, 11) is 2.15. The lowest BCUT2D eigenvalue weighted by Crippen LogP contribution is -2.30. The van der Waals surface area contributed by atoms with Gasteiger partial charge in [-0.1, -0.05) is 200 Å². The number of imidazole rings is 2. The predicted molar refractivity (Wildman–Crippen MR) is 303 cm³/mol. The molecule has 5 aromatic carbocycles. The number of aryl methyl sites for hydroxylation is 3. The number of aromatic nitrogens is 4. The van der Waals surface area contributed by atoms with Crippen molar-refractivity contribution in [3.8, 4) is 28.5 Å². The molecular weight excluding hydrogens is 861 g/mol. The van der Waals surface area contributed by atoms with Gasteiger partial charge in [-0.05, 0) is 118 Å². The lowest BCUT2D eigenvalue weighted by atomic mass is 9.76. The summed E-state index contributed by atoms with van der Waals surface area (Å²) in [5.74, 6) is 5.36. The molecule has 2 aliphatic rings. The maximum atomic E-state index is 2.60. The Kier molecular flexibility index (Phi) is 17.5. The van der Waals surface area contributed by atoms with E-state index in [9.17, 15) is 0 Å². The van der Waals surface area contributed by atoms with E-state index in [1.165, 1.54) is 96.2 Å². The molecule has 0 bridgehead atoms. The molecule has 71 heavy (non-hydrogen) atoms. The Bertz CT molecular complexity index is 2890. The Morgan fingerprint density at radius 3 is 1.70 bits per heavy atom. The van der Waals surface area contributed by atoms with Gasteiger partial charge in [0.25, 0.3) is 11.6 Å². The van der Waals surface area contributed by atoms with Crippen molar-refractivity contribution in [2.75, 3.05) is 0 Å². The topological polar surface area (TPSA) is 17.6 Å². The highest BCUT2D eigenvalue weighted by molar-refractivity contribution is 5.76. The molecule has 0 radical (unpaired) electrons. The smallest absolute Gasteiger partial charge is 0.232 e. The fraction of sp³-hybridized carbons (Fsp3) is 0.403. The van der Waals surface area contributed by atoms with Gasteiger partial charge in [0.05, 0.1) is 18.2 Å². The van der Waals surface area contributed by atoms with E-state index in [4.69, 9.17) is 0 Å². The molecule has 372 valence electrons. The van der Waals surface area contributed by atoms with Gasteiger partial charge in [0.15, 0.2) is 0 Å². The predicted octanol–water partition coefficient (Wildman–Crippen LogP) is 16.9. The summed E-state index contributed by atoms with van der Waals surface area (Å²) in [6.45, 7) is 33.1. The lowest BCUT2D eigenvalue weighted by molar-refractivity contribution is -0.671. The molecule has 1 unspecified atom stereocenters. The van der Waals surface area contributed by atoms with Crippen LogP contribution in [0.4, 0.5) is 0 Å². The summed E-state index contributed by atoms with van der Waals surface area (Å²) >= 11 is 0. The van der Waals surface area contributed by atoms with E-state index in [0.717, 1.165) is 32.2 Å². The van der Waals surface area contributed by atoms with Crippen molar-refractivity contribution in [2.45, 2.75) is 159 Å². The molecule has 0 N–H and O–H groups in total. The molecule has 4 nitrogen and oxygen atoms in total. The van der Waals surface area contributed by atoms with Gasteiger partial charge >= 0.3 is 0 Å². The van der Waals surface area contributed by atoms with Crippen LogP contribution in [0.3, 0.4) is 0 Å². The second kappa shape index (κ2) is 23.5. The van der Waals surface area contributed by atoms with Gasteiger partial charge in [-0.15, -0.1) is 0 Å². The summed E-state index contributed by atoms with van der Waals surface area (Å²) in [4.78, 5) is 0. The molecule has 2 aromatic heterocycles. The van der Waals surface area contributed by atoms with Crippen molar-refractivity contribution in [1.82, 2.24) is 9.13 Å². The first-order valence-electron chi connectivity index (χ1n) is 27.2. The third-order valence-corrected chi connectivity index (χ3v) is 14.6. The minimum absolute atomic E-state index is 0.443. The number of benzene rings is 5. The Balaban J connectivity index is 0.000000198. The first-order chi connectivity index (χ1) is 34.1. The van der Waals surface area contributed by atoms with Gasteiger partial charge < -0.3 is 0 Å². The van der Waals surface area contributed by atoms with Crippen molar-refractivity contribution in [2.24, 2.45) is 18.9 Å². The van der Waals surface area contributed by atoms with Crippen molar-refractivity contribution < 1.29 is 9.13 Å². The van der Waals surface area contributed by atoms with E-state index in [0.29, 0.717) is 35.5 Å². The maximum absolute atomic E-state index is 2.60. The van der Waals surface area contributed by atoms with E-state index in [2.05, 4.69) is 262 Å². The van der Waals surface area contributed by atoms with E-state index in [1.807, 2.05) is 0 Å². The largest absolute Gasteiger partial charge is 0.294 e. The van der Waals surface area contributed by atoms with E-state index in [1.54, 1.807) is 5.57 Å². The van der Waals surface area contributed by atoms with Gasteiger partial charge in [-0.2, -0.15) is 9.13 Å². The number of nitrogens with zero attached hydrogens (tertiary/aromatic N) is 4. The van der Waals surface area contributed by atoms with Crippen LogP contribution >= 0.6 is 0 Å². The third-order valence-electron chi connectivity index (χ3n) is 14.6. The van der Waals surface area contributed by atoms with Crippen molar-refractivity contribution >= 4 is 5.70 Å². The third kappa shape index (κ3) is 11.7. The van der Waals surface area contributed by atoms with E-state index < -0.39 is 0 Å². The second-order valence-corrected chi connectivity index (χ2v) is 21.9. The Morgan fingerprint density at radius 2 is 1.14 bits per heavy atom. The number of rotatable bonds is 13. The quantitative estimate of drug-likeness (QED) is 0.103. The summed E-state index contributed by atoms with van der Waals surface area (Å²) in [6.07, 6.45) is 17.1. The molecule has 0 amide bonds. The van der Waals surface area contributed by atoms with Crippen molar-refractivity contribution in [3.05, 3.63) is 201 Å². The first kappa shape index (κ1) is 52.8. The molecule has 0 saturated heterocycles. The van der Waals surface area contributed by atoms with Gasteiger partial charge in [-0.3, -0.25) is 0 Å². The number of hydrogen-bond donors (Lipinski definition) is 0. The first-order valence-corrected chi connectivity index (χ1v) is 27.2. The van der Waals surface area contributed by atoms with E-state index >= 15 is 0 Å². The highest BCUT2D eigenvalue weighted by Crippen LogP contribution is 2.45. The second-order valence-electron chi connectivity index (χ2n) is 21.9. The summed E-state index contributed by atoms with van der Waals surface area (Å²) in [6, 6.07) is 40.8.